The third kappa shape index (κ3) is 5.89. The summed E-state index contributed by atoms with van der Waals surface area (Å²) >= 11 is 0. The summed E-state index contributed by atoms with van der Waals surface area (Å²) in [7, 11) is 1.43. The van der Waals surface area contributed by atoms with Crippen molar-refractivity contribution >= 4 is 18.0 Å². The topological polar surface area (TPSA) is 99.9 Å². The van der Waals surface area contributed by atoms with Crippen LogP contribution in [0.15, 0.2) is 30.4 Å². The third-order valence-electron chi connectivity index (χ3n) is 3.79. The maximum atomic E-state index is 12.4. The van der Waals surface area contributed by atoms with Crippen LogP contribution in [-0.4, -0.2) is 48.7 Å². The largest absolute Gasteiger partial charge is 0.493 e. The normalized spacial score (nSPS) is 10.7. The van der Waals surface area contributed by atoms with Gasteiger partial charge < -0.3 is 19.5 Å². The summed E-state index contributed by atoms with van der Waals surface area (Å²) in [4.78, 5) is 24.8. The summed E-state index contributed by atoms with van der Waals surface area (Å²) in [6.07, 6.45) is 3.53. The fourth-order valence-corrected chi connectivity index (χ4v) is 2.51. The number of hydrogen-bond acceptors (Lipinski definition) is 5. The van der Waals surface area contributed by atoms with Crippen LogP contribution in [0, 0.1) is 11.3 Å². The van der Waals surface area contributed by atoms with Crippen LogP contribution in [0.2, 0.25) is 0 Å². The molecule has 0 atom stereocenters. The number of hydrogen-bond donors (Lipinski definition) is 1. The van der Waals surface area contributed by atoms with Gasteiger partial charge in [0.25, 0.3) is 5.91 Å². The van der Waals surface area contributed by atoms with E-state index in [1.807, 2.05) is 19.9 Å². The fraction of sp³-hybridized carbons (Fsp3) is 0.350. The molecule has 1 rings (SSSR count). The number of methoxy groups -OCH3 is 1. The number of carboxylic acids is 1. The molecule has 0 saturated heterocycles. The smallest absolute Gasteiger partial charge is 0.341 e. The molecule has 0 aromatic heterocycles. The molecule has 7 nitrogen and oxygen atoms in total. The van der Waals surface area contributed by atoms with Gasteiger partial charge in [-0.15, -0.1) is 6.58 Å². The molecule has 0 aliphatic carbocycles. The maximum absolute atomic E-state index is 12.4. The predicted molar refractivity (Wildman–Crippen MR) is 102 cm³/mol. The Morgan fingerprint density at radius 3 is 2.48 bits per heavy atom. The fourth-order valence-electron chi connectivity index (χ4n) is 2.51. The van der Waals surface area contributed by atoms with Gasteiger partial charge in [0.2, 0.25) is 0 Å². The van der Waals surface area contributed by atoms with Crippen LogP contribution >= 0.6 is 0 Å². The molecule has 0 bridgehead atoms. The highest BCUT2D eigenvalue weighted by Crippen LogP contribution is 2.34. The minimum Gasteiger partial charge on any atom is -0.493 e. The van der Waals surface area contributed by atoms with E-state index in [2.05, 4.69) is 6.58 Å². The van der Waals surface area contributed by atoms with Crippen molar-refractivity contribution in [2.75, 3.05) is 26.8 Å². The Bertz CT molecular complexity index is 773. The Kier molecular flexibility index (Phi) is 8.60. The third-order valence-corrected chi connectivity index (χ3v) is 3.79. The van der Waals surface area contributed by atoms with Crippen LogP contribution in [0.3, 0.4) is 0 Å². The standard InChI is InChI=1S/C20H24N2O5/c1-5-8-15-9-14(10-16(12-21)20(25)22(6-2)7-3)11-17(26-4)19(15)27-13-18(23)24/h5,9-11H,1,6-8,13H2,2-4H3,(H,23,24)/b16-10-. The molecule has 1 N–H and O–H groups in total. The quantitative estimate of drug-likeness (QED) is 0.385. The maximum Gasteiger partial charge on any atom is 0.341 e. The zero-order valence-corrected chi connectivity index (χ0v) is 15.8. The van der Waals surface area contributed by atoms with E-state index in [9.17, 15) is 14.9 Å². The number of amides is 1. The Balaban J connectivity index is 3.40. The molecule has 0 saturated carbocycles. The van der Waals surface area contributed by atoms with Gasteiger partial charge >= 0.3 is 5.97 Å². The highest BCUT2D eigenvalue weighted by atomic mass is 16.5. The summed E-state index contributed by atoms with van der Waals surface area (Å²) < 4.78 is 10.7. The number of rotatable bonds is 10. The Morgan fingerprint density at radius 2 is 2.00 bits per heavy atom. The highest BCUT2D eigenvalue weighted by Gasteiger charge is 2.17. The van der Waals surface area contributed by atoms with Gasteiger partial charge in [-0.2, -0.15) is 5.26 Å². The molecular weight excluding hydrogens is 348 g/mol. The molecule has 0 radical (unpaired) electrons. The molecule has 0 aliphatic heterocycles. The number of nitrogens with zero attached hydrogens (tertiary/aromatic N) is 2. The van der Waals surface area contributed by atoms with Crippen molar-refractivity contribution in [2.45, 2.75) is 20.3 Å². The Hall–Kier alpha value is -3.27. The van der Waals surface area contributed by atoms with Crippen LogP contribution in [0.5, 0.6) is 11.5 Å². The van der Waals surface area contributed by atoms with E-state index in [0.29, 0.717) is 42.1 Å². The second kappa shape index (κ2) is 10.7. The van der Waals surface area contributed by atoms with Crippen LogP contribution in [0.4, 0.5) is 0 Å². The number of benzene rings is 1. The number of carbonyl (C=O) groups excluding carboxylic acids is 1. The number of allylic oxidation sites excluding steroid dienone is 1. The Morgan fingerprint density at radius 1 is 1.33 bits per heavy atom. The number of carboxylic acid groups (broad SMARTS) is 1. The lowest BCUT2D eigenvalue weighted by Gasteiger charge is -2.18. The molecule has 144 valence electrons. The van der Waals surface area contributed by atoms with Crippen LogP contribution in [0.1, 0.15) is 25.0 Å². The molecule has 1 amide bonds. The molecular formula is C20H24N2O5. The lowest BCUT2D eigenvalue weighted by Crippen LogP contribution is -2.31. The summed E-state index contributed by atoms with van der Waals surface area (Å²) in [5.41, 5.74) is 1.22. The van der Waals surface area contributed by atoms with Crippen LogP contribution in [0.25, 0.3) is 6.08 Å². The van der Waals surface area contributed by atoms with E-state index in [0.717, 1.165) is 0 Å². The Labute approximate surface area is 159 Å². The van der Waals surface area contributed by atoms with Gasteiger partial charge in [-0.1, -0.05) is 6.08 Å². The average molecular weight is 372 g/mol. The van der Waals surface area contributed by atoms with E-state index in [1.54, 1.807) is 23.1 Å². The molecule has 0 fully saturated rings. The van der Waals surface area contributed by atoms with E-state index in [1.165, 1.54) is 13.2 Å². The monoisotopic (exact) mass is 372 g/mol. The lowest BCUT2D eigenvalue weighted by atomic mass is 10.0. The molecule has 27 heavy (non-hydrogen) atoms. The molecule has 1 aromatic rings. The van der Waals surface area contributed by atoms with Gasteiger partial charge in [-0.05, 0) is 44.0 Å². The van der Waals surface area contributed by atoms with Gasteiger partial charge in [-0.3, -0.25) is 4.79 Å². The molecule has 0 spiro atoms. The van der Waals surface area contributed by atoms with Crippen molar-refractivity contribution < 1.29 is 24.2 Å². The predicted octanol–water partition coefficient (Wildman–Crippen LogP) is 2.66. The SMILES string of the molecule is C=CCc1cc(/C=C(/C#N)C(=O)N(CC)CC)cc(OC)c1OCC(=O)O. The van der Waals surface area contributed by atoms with Crippen molar-refractivity contribution in [1.82, 2.24) is 4.90 Å². The van der Waals surface area contributed by atoms with Crippen molar-refractivity contribution in [3.8, 4) is 17.6 Å². The zero-order valence-electron chi connectivity index (χ0n) is 15.8. The lowest BCUT2D eigenvalue weighted by molar-refractivity contribution is -0.139. The van der Waals surface area contributed by atoms with Crippen molar-refractivity contribution in [2.24, 2.45) is 0 Å². The first kappa shape index (κ1) is 21.8. The average Bonchev–Trinajstić information content (AvgIpc) is 2.65. The van der Waals surface area contributed by atoms with E-state index < -0.39 is 12.6 Å². The first-order valence-electron chi connectivity index (χ1n) is 8.49. The molecule has 7 heteroatoms. The minimum atomic E-state index is -1.11. The number of ether oxygens (including phenoxy) is 2. The molecule has 1 aromatic carbocycles. The summed E-state index contributed by atoms with van der Waals surface area (Å²) in [5.74, 6) is -0.847. The molecule has 0 aliphatic rings. The first-order chi connectivity index (χ1) is 12.9. The summed E-state index contributed by atoms with van der Waals surface area (Å²) in [6.45, 7) is 7.86. The van der Waals surface area contributed by atoms with Gasteiger partial charge in [0, 0.05) is 18.7 Å². The van der Waals surface area contributed by atoms with Gasteiger partial charge in [0.1, 0.15) is 11.6 Å². The number of carbonyl (C=O) groups is 2. The second-order valence-electron chi connectivity index (χ2n) is 5.53. The van der Waals surface area contributed by atoms with Gasteiger partial charge in [-0.25, -0.2) is 4.79 Å². The van der Waals surface area contributed by atoms with Crippen molar-refractivity contribution in [1.29, 1.82) is 5.26 Å². The first-order valence-corrected chi connectivity index (χ1v) is 8.49. The minimum absolute atomic E-state index is 0.00418. The summed E-state index contributed by atoms with van der Waals surface area (Å²) in [6, 6.07) is 5.25. The van der Waals surface area contributed by atoms with E-state index >= 15 is 0 Å². The number of likely N-dealkylation sites (N-methyl/N-ethyl adjacent to an activating group) is 1. The van der Waals surface area contributed by atoms with E-state index in [4.69, 9.17) is 14.6 Å². The molecule has 0 heterocycles. The van der Waals surface area contributed by atoms with Crippen molar-refractivity contribution in [3.05, 3.63) is 41.5 Å². The summed E-state index contributed by atoms with van der Waals surface area (Å²) in [5, 5.41) is 18.2. The van der Waals surface area contributed by atoms with Crippen LogP contribution < -0.4 is 9.47 Å². The second-order valence-corrected chi connectivity index (χ2v) is 5.53. The number of nitriles is 1. The van der Waals surface area contributed by atoms with Crippen molar-refractivity contribution in [3.63, 3.8) is 0 Å². The van der Waals surface area contributed by atoms with Crippen LogP contribution in [-0.2, 0) is 16.0 Å². The van der Waals surface area contributed by atoms with Gasteiger partial charge in [0.15, 0.2) is 18.1 Å². The van der Waals surface area contributed by atoms with E-state index in [-0.39, 0.29) is 11.5 Å². The molecule has 0 unspecified atom stereocenters. The van der Waals surface area contributed by atoms with Gasteiger partial charge in [0.05, 0.1) is 7.11 Å². The highest BCUT2D eigenvalue weighted by molar-refractivity contribution is 6.01. The zero-order chi connectivity index (χ0) is 20.4. The number of aliphatic carboxylic acids is 1.